The number of aromatic amines is 1. The van der Waals surface area contributed by atoms with E-state index in [2.05, 4.69) is 39.5 Å². The molecule has 1 amide bonds. The van der Waals surface area contributed by atoms with Gasteiger partial charge >= 0.3 is 0 Å². The number of benzene rings is 2. The zero-order chi connectivity index (χ0) is 18.8. The minimum absolute atomic E-state index is 0.0558. The summed E-state index contributed by atoms with van der Waals surface area (Å²) in [6.07, 6.45) is 3.59. The van der Waals surface area contributed by atoms with E-state index < -0.39 is 0 Å². The molecule has 1 aliphatic rings. The van der Waals surface area contributed by atoms with Crippen molar-refractivity contribution in [2.75, 3.05) is 13.1 Å². The normalized spacial score (nSPS) is 15.5. The standard InChI is InChI=1S/C22H24FN3O/c1-15(26-11-9-16-4-2-3-5-18(16)14-26)22(27)24-10-8-17-13-25-21-12-19(23)6-7-20(17)21/h2-7,12-13,15,25H,8-11,14H2,1H3,(H,24,27). The summed E-state index contributed by atoms with van der Waals surface area (Å²) < 4.78 is 13.3. The molecule has 3 aromatic rings. The van der Waals surface area contributed by atoms with Crippen LogP contribution in [0.5, 0.6) is 0 Å². The van der Waals surface area contributed by atoms with Crippen molar-refractivity contribution in [3.05, 3.63) is 71.2 Å². The van der Waals surface area contributed by atoms with Crippen molar-refractivity contribution < 1.29 is 9.18 Å². The predicted molar refractivity (Wildman–Crippen MR) is 105 cm³/mol. The van der Waals surface area contributed by atoms with Crippen molar-refractivity contribution in [1.29, 1.82) is 0 Å². The highest BCUT2D eigenvalue weighted by atomic mass is 19.1. The van der Waals surface area contributed by atoms with E-state index in [9.17, 15) is 9.18 Å². The molecule has 4 rings (SSSR count). The van der Waals surface area contributed by atoms with Gasteiger partial charge in [-0.2, -0.15) is 0 Å². The van der Waals surface area contributed by atoms with Crippen molar-refractivity contribution in [2.24, 2.45) is 0 Å². The van der Waals surface area contributed by atoms with Crippen molar-refractivity contribution in [3.8, 4) is 0 Å². The van der Waals surface area contributed by atoms with Crippen LogP contribution in [0.4, 0.5) is 4.39 Å². The van der Waals surface area contributed by atoms with Gasteiger partial charge in [0.25, 0.3) is 0 Å². The van der Waals surface area contributed by atoms with Gasteiger partial charge in [-0.3, -0.25) is 9.69 Å². The second kappa shape index (κ2) is 7.53. The predicted octanol–water partition coefficient (Wildman–Crippen LogP) is 3.41. The van der Waals surface area contributed by atoms with Crippen LogP contribution in [0, 0.1) is 5.82 Å². The summed E-state index contributed by atoms with van der Waals surface area (Å²) in [5, 5.41) is 4.06. The third kappa shape index (κ3) is 3.74. The smallest absolute Gasteiger partial charge is 0.237 e. The number of hydrogen-bond acceptors (Lipinski definition) is 2. The molecular formula is C22H24FN3O. The lowest BCUT2D eigenvalue weighted by Gasteiger charge is -2.32. The topological polar surface area (TPSA) is 48.1 Å². The maximum atomic E-state index is 13.3. The van der Waals surface area contributed by atoms with Crippen LogP contribution in [0.15, 0.2) is 48.7 Å². The number of amides is 1. The Bertz CT molecular complexity index is 965. The summed E-state index contributed by atoms with van der Waals surface area (Å²) in [7, 11) is 0. The SMILES string of the molecule is CC(C(=O)NCCc1c[nH]c2cc(F)ccc12)N1CCc2ccccc2C1. The van der Waals surface area contributed by atoms with E-state index >= 15 is 0 Å². The molecule has 1 aliphatic heterocycles. The first kappa shape index (κ1) is 17.7. The average molecular weight is 365 g/mol. The summed E-state index contributed by atoms with van der Waals surface area (Å²) in [4.78, 5) is 17.9. The number of aromatic nitrogens is 1. The molecule has 1 aromatic heterocycles. The van der Waals surface area contributed by atoms with Crippen LogP contribution >= 0.6 is 0 Å². The Morgan fingerprint density at radius 3 is 2.93 bits per heavy atom. The van der Waals surface area contributed by atoms with E-state index in [1.165, 1.54) is 23.3 Å². The van der Waals surface area contributed by atoms with E-state index in [-0.39, 0.29) is 17.8 Å². The first-order valence-corrected chi connectivity index (χ1v) is 9.46. The summed E-state index contributed by atoms with van der Waals surface area (Å²) in [5.74, 6) is -0.193. The number of carbonyl (C=O) groups is 1. The van der Waals surface area contributed by atoms with E-state index in [1.807, 2.05) is 13.1 Å². The number of nitrogens with one attached hydrogen (secondary N) is 2. The third-order valence-electron chi connectivity index (χ3n) is 5.51. The number of halogens is 1. The fraction of sp³-hybridized carbons (Fsp3) is 0.318. The minimum Gasteiger partial charge on any atom is -0.361 e. The van der Waals surface area contributed by atoms with Crippen molar-refractivity contribution >= 4 is 16.8 Å². The van der Waals surface area contributed by atoms with Crippen LogP contribution in [0.1, 0.15) is 23.6 Å². The summed E-state index contributed by atoms with van der Waals surface area (Å²) >= 11 is 0. The molecule has 4 nitrogen and oxygen atoms in total. The lowest BCUT2D eigenvalue weighted by Crippen LogP contribution is -2.47. The second-order valence-corrected chi connectivity index (χ2v) is 7.21. The van der Waals surface area contributed by atoms with Gasteiger partial charge in [0.05, 0.1) is 6.04 Å². The Labute approximate surface area is 158 Å². The largest absolute Gasteiger partial charge is 0.361 e. The van der Waals surface area contributed by atoms with Crippen LogP contribution < -0.4 is 5.32 Å². The minimum atomic E-state index is -0.249. The second-order valence-electron chi connectivity index (χ2n) is 7.21. The highest BCUT2D eigenvalue weighted by Gasteiger charge is 2.24. The van der Waals surface area contributed by atoms with Crippen LogP contribution in [-0.2, 0) is 24.2 Å². The van der Waals surface area contributed by atoms with E-state index in [1.54, 1.807) is 6.07 Å². The number of nitrogens with zero attached hydrogens (tertiary/aromatic N) is 1. The molecule has 0 fully saturated rings. The lowest BCUT2D eigenvalue weighted by molar-refractivity contribution is -0.126. The first-order chi connectivity index (χ1) is 13.1. The maximum absolute atomic E-state index is 13.3. The van der Waals surface area contributed by atoms with Gasteiger partial charge in [-0.15, -0.1) is 0 Å². The molecule has 0 saturated carbocycles. The zero-order valence-electron chi connectivity index (χ0n) is 15.5. The fourth-order valence-corrected chi connectivity index (χ4v) is 3.85. The number of hydrogen-bond donors (Lipinski definition) is 2. The van der Waals surface area contributed by atoms with Gasteiger partial charge in [0.1, 0.15) is 5.82 Å². The van der Waals surface area contributed by atoms with Gasteiger partial charge in [0, 0.05) is 36.7 Å². The fourth-order valence-electron chi connectivity index (χ4n) is 3.85. The molecule has 2 heterocycles. The zero-order valence-corrected chi connectivity index (χ0v) is 15.5. The molecule has 140 valence electrons. The Hall–Kier alpha value is -2.66. The van der Waals surface area contributed by atoms with Crippen LogP contribution in [-0.4, -0.2) is 34.9 Å². The Morgan fingerprint density at radius 1 is 1.26 bits per heavy atom. The van der Waals surface area contributed by atoms with Gasteiger partial charge in [-0.1, -0.05) is 24.3 Å². The van der Waals surface area contributed by atoms with Crippen LogP contribution in [0.2, 0.25) is 0 Å². The highest BCUT2D eigenvalue weighted by molar-refractivity contribution is 5.84. The van der Waals surface area contributed by atoms with E-state index in [0.29, 0.717) is 13.0 Å². The van der Waals surface area contributed by atoms with Crippen molar-refractivity contribution in [3.63, 3.8) is 0 Å². The third-order valence-corrected chi connectivity index (χ3v) is 5.51. The van der Waals surface area contributed by atoms with E-state index in [4.69, 9.17) is 0 Å². The van der Waals surface area contributed by atoms with Gasteiger partial charge in [0.15, 0.2) is 0 Å². The van der Waals surface area contributed by atoms with Crippen LogP contribution in [0.3, 0.4) is 0 Å². The molecule has 2 N–H and O–H groups in total. The molecule has 27 heavy (non-hydrogen) atoms. The Balaban J connectivity index is 1.32. The molecule has 5 heteroatoms. The summed E-state index contributed by atoms with van der Waals surface area (Å²) in [6.45, 7) is 4.26. The highest BCUT2D eigenvalue weighted by Crippen LogP contribution is 2.21. The monoisotopic (exact) mass is 365 g/mol. The van der Waals surface area contributed by atoms with E-state index in [0.717, 1.165) is 36.0 Å². The molecular weight excluding hydrogens is 341 g/mol. The average Bonchev–Trinajstić information content (AvgIpc) is 3.09. The van der Waals surface area contributed by atoms with Gasteiger partial charge in [0.2, 0.25) is 5.91 Å². The summed E-state index contributed by atoms with van der Waals surface area (Å²) in [5.41, 5.74) is 4.58. The van der Waals surface area contributed by atoms with Crippen LogP contribution in [0.25, 0.3) is 10.9 Å². The van der Waals surface area contributed by atoms with Gasteiger partial charge in [-0.25, -0.2) is 4.39 Å². The Kier molecular flexibility index (Phi) is 4.94. The number of rotatable bonds is 5. The Morgan fingerprint density at radius 2 is 2.07 bits per heavy atom. The molecule has 0 bridgehead atoms. The van der Waals surface area contributed by atoms with Crippen molar-refractivity contribution in [1.82, 2.24) is 15.2 Å². The number of H-pyrrole nitrogens is 1. The molecule has 0 spiro atoms. The molecule has 0 saturated heterocycles. The first-order valence-electron chi connectivity index (χ1n) is 9.46. The summed E-state index contributed by atoms with van der Waals surface area (Å²) in [6, 6.07) is 13.0. The van der Waals surface area contributed by atoms with Crippen molar-refractivity contribution in [2.45, 2.75) is 32.4 Å². The van der Waals surface area contributed by atoms with Gasteiger partial charge < -0.3 is 10.3 Å². The molecule has 1 atom stereocenters. The number of fused-ring (bicyclic) bond motifs is 2. The molecule has 0 aliphatic carbocycles. The molecule has 0 radical (unpaired) electrons. The lowest BCUT2D eigenvalue weighted by atomic mass is 9.99. The van der Waals surface area contributed by atoms with Gasteiger partial charge in [-0.05, 0) is 54.7 Å². The number of carbonyl (C=O) groups excluding carboxylic acids is 1. The molecule has 2 aromatic carbocycles. The quantitative estimate of drug-likeness (QED) is 0.728. The maximum Gasteiger partial charge on any atom is 0.237 e. The molecule has 1 unspecified atom stereocenters.